The van der Waals surface area contributed by atoms with Crippen LogP contribution in [0.4, 0.5) is 0 Å². The van der Waals surface area contributed by atoms with Gasteiger partial charge < -0.3 is 0 Å². The summed E-state index contributed by atoms with van der Waals surface area (Å²) in [5.74, 6) is 1.87. The molecule has 2 nitrogen and oxygen atoms in total. The number of nitrogens with zero attached hydrogens (tertiary/aromatic N) is 2. The van der Waals surface area contributed by atoms with Gasteiger partial charge in [0.15, 0.2) is 0 Å². The van der Waals surface area contributed by atoms with E-state index in [0.717, 1.165) is 11.8 Å². The Bertz CT molecular complexity index is 604. The maximum atomic E-state index is 2.60. The van der Waals surface area contributed by atoms with E-state index in [4.69, 9.17) is 0 Å². The summed E-state index contributed by atoms with van der Waals surface area (Å²) in [6.45, 7) is 34.0. The SMILES string of the molecule is CC(C)(C)C1CC(C(C)(C)C)CC2(CCCCC2)C1.CC(C)(C)N1CC2(C1)CN(C(C)(C)C)C2. The molecular weight excluding hydrogens is 412 g/mol. The molecule has 0 N–H and O–H groups in total. The fourth-order valence-electron chi connectivity index (χ4n) is 7.34. The van der Waals surface area contributed by atoms with Gasteiger partial charge in [0.25, 0.3) is 0 Å². The first-order valence-electron chi connectivity index (χ1n) is 14.8. The van der Waals surface area contributed by atoms with Crippen LogP contribution in [0.5, 0.6) is 0 Å². The minimum atomic E-state index is 0.368. The van der Waals surface area contributed by atoms with Crippen molar-refractivity contribution in [2.24, 2.45) is 33.5 Å². The molecule has 2 saturated heterocycles. The van der Waals surface area contributed by atoms with Crippen molar-refractivity contribution >= 4 is 0 Å². The second kappa shape index (κ2) is 9.34. The van der Waals surface area contributed by atoms with E-state index in [9.17, 15) is 0 Å². The van der Waals surface area contributed by atoms with Crippen molar-refractivity contribution in [2.45, 2.75) is 146 Å². The van der Waals surface area contributed by atoms with Gasteiger partial charge in [0, 0.05) is 42.7 Å². The molecule has 2 heteroatoms. The summed E-state index contributed by atoms with van der Waals surface area (Å²) in [5.41, 5.74) is 3.09. The average Bonchev–Trinajstić information content (AvgIpc) is 2.56. The van der Waals surface area contributed by atoms with Crippen LogP contribution in [-0.4, -0.2) is 47.1 Å². The van der Waals surface area contributed by atoms with Crippen LogP contribution in [-0.2, 0) is 0 Å². The molecule has 0 bridgehead atoms. The Morgan fingerprint density at radius 3 is 1.15 bits per heavy atom. The molecule has 2 aliphatic heterocycles. The highest BCUT2D eigenvalue weighted by atomic mass is 15.4. The van der Waals surface area contributed by atoms with Crippen LogP contribution in [0.1, 0.15) is 134 Å². The summed E-state index contributed by atoms with van der Waals surface area (Å²) in [6, 6.07) is 0. The molecule has 2 unspecified atom stereocenters. The summed E-state index contributed by atoms with van der Waals surface area (Å²) in [7, 11) is 0. The second-order valence-corrected chi connectivity index (χ2v) is 17.4. The fraction of sp³-hybridized carbons (Fsp3) is 1.00. The number of likely N-dealkylation sites (tertiary alicyclic amines) is 2. The molecule has 0 radical (unpaired) electrons. The molecule has 2 spiro atoms. The predicted molar refractivity (Wildman–Crippen MR) is 150 cm³/mol. The molecule has 0 aromatic heterocycles. The molecule has 200 valence electrons. The zero-order chi connectivity index (χ0) is 25.8. The Hall–Kier alpha value is -0.0800. The standard InChI is InChI=1S/C19H36.C13H26N2/c1-17(2,3)15-12-16(18(4,5)6)14-19(13-15)10-8-7-9-11-19;1-11(2,3)14-7-13(8-14)9-15(10-13)12(4,5)6/h15-16H,7-14H2,1-6H3;7-10H2,1-6H3. The molecule has 0 aromatic carbocycles. The first-order valence-corrected chi connectivity index (χ1v) is 14.8. The summed E-state index contributed by atoms with van der Waals surface area (Å²) in [4.78, 5) is 5.21. The summed E-state index contributed by atoms with van der Waals surface area (Å²) >= 11 is 0. The molecule has 2 saturated carbocycles. The lowest BCUT2D eigenvalue weighted by atomic mass is 9.52. The lowest BCUT2D eigenvalue weighted by molar-refractivity contribution is -0.167. The lowest BCUT2D eigenvalue weighted by Gasteiger charge is -2.66. The number of rotatable bonds is 0. The van der Waals surface area contributed by atoms with Gasteiger partial charge in [0.2, 0.25) is 0 Å². The van der Waals surface area contributed by atoms with Crippen LogP contribution in [0.15, 0.2) is 0 Å². The molecule has 4 fully saturated rings. The highest BCUT2D eigenvalue weighted by Gasteiger charge is 2.55. The van der Waals surface area contributed by atoms with Crippen LogP contribution in [0.25, 0.3) is 0 Å². The zero-order valence-corrected chi connectivity index (χ0v) is 25.5. The smallest absolute Gasteiger partial charge is 0.0213 e. The van der Waals surface area contributed by atoms with Crippen molar-refractivity contribution in [3.8, 4) is 0 Å². The van der Waals surface area contributed by atoms with Gasteiger partial charge >= 0.3 is 0 Å². The second-order valence-electron chi connectivity index (χ2n) is 17.4. The van der Waals surface area contributed by atoms with Crippen LogP contribution >= 0.6 is 0 Å². The number of hydrogen-bond donors (Lipinski definition) is 0. The van der Waals surface area contributed by atoms with Crippen LogP contribution in [0.2, 0.25) is 0 Å². The summed E-state index contributed by atoms with van der Waals surface area (Å²) in [5, 5.41) is 0. The molecule has 2 heterocycles. The van der Waals surface area contributed by atoms with Crippen molar-refractivity contribution in [3.05, 3.63) is 0 Å². The van der Waals surface area contributed by atoms with E-state index >= 15 is 0 Å². The van der Waals surface area contributed by atoms with E-state index in [-0.39, 0.29) is 0 Å². The quantitative estimate of drug-likeness (QED) is 0.346. The monoisotopic (exact) mass is 474 g/mol. The van der Waals surface area contributed by atoms with Gasteiger partial charge in [-0.05, 0) is 102 Å². The number of hydrogen-bond acceptors (Lipinski definition) is 2. The maximum absolute atomic E-state index is 2.60. The van der Waals surface area contributed by atoms with Crippen LogP contribution in [0, 0.1) is 33.5 Å². The van der Waals surface area contributed by atoms with E-state index < -0.39 is 0 Å². The molecule has 4 aliphatic rings. The molecular formula is C32H62N2. The van der Waals surface area contributed by atoms with Crippen LogP contribution in [0.3, 0.4) is 0 Å². The Morgan fingerprint density at radius 2 is 0.853 bits per heavy atom. The largest absolute Gasteiger partial charge is 0.297 e. The summed E-state index contributed by atoms with van der Waals surface area (Å²) in [6.07, 6.45) is 12.0. The van der Waals surface area contributed by atoms with E-state index in [0.29, 0.717) is 32.7 Å². The molecule has 0 aromatic rings. The lowest BCUT2D eigenvalue weighted by Crippen LogP contribution is -2.76. The fourth-order valence-corrected chi connectivity index (χ4v) is 7.34. The third kappa shape index (κ3) is 6.62. The van der Waals surface area contributed by atoms with Gasteiger partial charge in [-0.1, -0.05) is 60.8 Å². The molecule has 2 aliphatic carbocycles. The Morgan fingerprint density at radius 1 is 0.500 bits per heavy atom. The van der Waals surface area contributed by atoms with E-state index in [1.165, 1.54) is 77.5 Å². The maximum Gasteiger partial charge on any atom is 0.0213 e. The van der Waals surface area contributed by atoms with E-state index in [1.54, 1.807) is 0 Å². The normalized spacial score (nSPS) is 30.4. The summed E-state index contributed by atoms with van der Waals surface area (Å²) < 4.78 is 0. The van der Waals surface area contributed by atoms with Crippen LogP contribution < -0.4 is 0 Å². The Kier molecular flexibility index (Phi) is 7.83. The van der Waals surface area contributed by atoms with Gasteiger partial charge in [-0.2, -0.15) is 0 Å². The topological polar surface area (TPSA) is 6.48 Å². The third-order valence-corrected chi connectivity index (χ3v) is 10.3. The average molecular weight is 475 g/mol. The minimum Gasteiger partial charge on any atom is -0.297 e. The molecule has 4 rings (SSSR count). The first-order chi connectivity index (χ1) is 15.2. The third-order valence-electron chi connectivity index (χ3n) is 10.3. The highest BCUT2D eigenvalue weighted by molar-refractivity contribution is 5.10. The van der Waals surface area contributed by atoms with Crippen molar-refractivity contribution in [1.29, 1.82) is 0 Å². The van der Waals surface area contributed by atoms with Gasteiger partial charge in [-0.15, -0.1) is 0 Å². The highest BCUT2D eigenvalue weighted by Crippen LogP contribution is 2.57. The van der Waals surface area contributed by atoms with Crippen molar-refractivity contribution in [1.82, 2.24) is 9.80 Å². The van der Waals surface area contributed by atoms with E-state index in [1.807, 2.05) is 0 Å². The minimum absolute atomic E-state index is 0.368. The van der Waals surface area contributed by atoms with Gasteiger partial charge in [0.1, 0.15) is 0 Å². The Labute approximate surface area is 215 Å². The van der Waals surface area contributed by atoms with E-state index in [2.05, 4.69) is 92.9 Å². The molecule has 34 heavy (non-hydrogen) atoms. The van der Waals surface area contributed by atoms with Gasteiger partial charge in [-0.3, -0.25) is 9.80 Å². The molecule has 0 amide bonds. The van der Waals surface area contributed by atoms with Gasteiger partial charge in [0.05, 0.1) is 0 Å². The van der Waals surface area contributed by atoms with Crippen molar-refractivity contribution in [2.75, 3.05) is 26.2 Å². The zero-order valence-electron chi connectivity index (χ0n) is 25.5. The molecule has 2 atom stereocenters. The van der Waals surface area contributed by atoms with Crippen molar-refractivity contribution < 1.29 is 0 Å². The van der Waals surface area contributed by atoms with Crippen molar-refractivity contribution in [3.63, 3.8) is 0 Å². The first kappa shape index (κ1) is 28.5. The predicted octanol–water partition coefficient (Wildman–Crippen LogP) is 8.65. The Balaban J connectivity index is 0.000000196. The van der Waals surface area contributed by atoms with Gasteiger partial charge in [-0.25, -0.2) is 0 Å².